The highest BCUT2D eigenvalue weighted by Crippen LogP contribution is 2.29. The molecule has 0 aromatic heterocycles. The molecular formula is C15H8Cl2N2O2. The van der Waals surface area contributed by atoms with E-state index in [1.807, 2.05) is 6.07 Å². The summed E-state index contributed by atoms with van der Waals surface area (Å²) >= 11 is 11.7. The zero-order valence-electron chi connectivity index (χ0n) is 10.6. The van der Waals surface area contributed by atoms with Crippen LogP contribution in [0.25, 0.3) is 11.6 Å². The molecule has 0 heterocycles. The molecule has 0 spiro atoms. The number of hydrogen-bond acceptors (Lipinski definition) is 3. The normalized spacial score (nSPS) is 11.0. The average molecular weight is 319 g/mol. The zero-order valence-corrected chi connectivity index (χ0v) is 12.1. The Kier molecular flexibility index (Phi) is 4.59. The Morgan fingerprint density at radius 1 is 1.19 bits per heavy atom. The molecule has 0 aliphatic rings. The maximum Gasteiger partial charge on any atom is 0.277 e. The molecular weight excluding hydrogens is 311 g/mol. The van der Waals surface area contributed by atoms with Crippen molar-refractivity contribution >= 4 is 40.5 Å². The second-order valence-corrected chi connectivity index (χ2v) is 4.93. The van der Waals surface area contributed by atoms with E-state index in [0.717, 1.165) is 0 Å². The summed E-state index contributed by atoms with van der Waals surface area (Å²) in [6.07, 6.45) is 1.53. The van der Waals surface area contributed by atoms with Gasteiger partial charge in [-0.25, -0.2) is 0 Å². The summed E-state index contributed by atoms with van der Waals surface area (Å²) in [5.74, 6) is 0. The molecule has 21 heavy (non-hydrogen) atoms. The van der Waals surface area contributed by atoms with E-state index in [-0.39, 0.29) is 16.8 Å². The smallest absolute Gasteiger partial charge is 0.258 e. The van der Waals surface area contributed by atoms with Crippen LogP contribution in [0, 0.1) is 21.4 Å². The Balaban J connectivity index is 2.54. The number of hydrogen-bond donors (Lipinski definition) is 0. The van der Waals surface area contributed by atoms with Crippen LogP contribution >= 0.6 is 23.2 Å². The summed E-state index contributed by atoms with van der Waals surface area (Å²) in [5.41, 5.74) is 0.959. The molecule has 0 unspecified atom stereocenters. The van der Waals surface area contributed by atoms with Gasteiger partial charge >= 0.3 is 0 Å². The van der Waals surface area contributed by atoms with Gasteiger partial charge in [0.05, 0.1) is 26.1 Å². The van der Waals surface area contributed by atoms with Crippen LogP contribution in [0.5, 0.6) is 0 Å². The van der Waals surface area contributed by atoms with Gasteiger partial charge in [0.15, 0.2) is 0 Å². The molecule has 2 aromatic rings. The van der Waals surface area contributed by atoms with Gasteiger partial charge in [0.1, 0.15) is 6.07 Å². The largest absolute Gasteiger partial charge is 0.277 e. The summed E-state index contributed by atoms with van der Waals surface area (Å²) < 4.78 is 0. The fourth-order valence-corrected chi connectivity index (χ4v) is 2.11. The number of rotatable bonds is 3. The van der Waals surface area contributed by atoms with E-state index in [4.69, 9.17) is 23.2 Å². The average Bonchev–Trinajstić information content (AvgIpc) is 2.48. The van der Waals surface area contributed by atoms with Crippen molar-refractivity contribution in [1.82, 2.24) is 0 Å². The second kappa shape index (κ2) is 6.40. The standard InChI is InChI=1S/C15H8Cl2N2O2/c16-13-6-5-10(8-14(13)17)7-11(9-18)12-3-1-2-4-15(12)19(20)21/h1-8H. The van der Waals surface area contributed by atoms with E-state index in [1.54, 1.807) is 30.3 Å². The molecule has 0 radical (unpaired) electrons. The first-order chi connectivity index (χ1) is 10.0. The number of nitriles is 1. The molecule has 0 fully saturated rings. The van der Waals surface area contributed by atoms with Crippen molar-refractivity contribution in [2.24, 2.45) is 0 Å². The molecule has 0 saturated carbocycles. The van der Waals surface area contributed by atoms with Crippen LogP contribution in [-0.2, 0) is 0 Å². The van der Waals surface area contributed by atoms with Crippen LogP contribution in [-0.4, -0.2) is 4.92 Å². The maximum absolute atomic E-state index is 11.0. The maximum atomic E-state index is 11.0. The quantitative estimate of drug-likeness (QED) is 0.347. The lowest BCUT2D eigenvalue weighted by atomic mass is 10.0. The lowest BCUT2D eigenvalue weighted by Gasteiger charge is -2.02. The van der Waals surface area contributed by atoms with Crippen molar-refractivity contribution in [2.75, 3.05) is 0 Å². The van der Waals surface area contributed by atoms with Crippen LogP contribution in [0.15, 0.2) is 42.5 Å². The minimum atomic E-state index is -0.518. The topological polar surface area (TPSA) is 66.9 Å². The minimum Gasteiger partial charge on any atom is -0.258 e. The van der Waals surface area contributed by atoms with Crippen molar-refractivity contribution in [2.45, 2.75) is 0 Å². The Bertz CT molecular complexity index is 779. The number of nitro groups is 1. The summed E-state index contributed by atoms with van der Waals surface area (Å²) in [6.45, 7) is 0. The van der Waals surface area contributed by atoms with Crippen molar-refractivity contribution in [3.8, 4) is 6.07 Å². The van der Waals surface area contributed by atoms with Gasteiger partial charge in [-0.1, -0.05) is 41.4 Å². The number of para-hydroxylation sites is 1. The summed E-state index contributed by atoms with van der Waals surface area (Å²) in [5, 5.41) is 21.0. The minimum absolute atomic E-state index is 0.120. The first-order valence-corrected chi connectivity index (χ1v) is 6.59. The van der Waals surface area contributed by atoms with Crippen LogP contribution < -0.4 is 0 Å². The number of nitro benzene ring substituents is 1. The number of allylic oxidation sites excluding steroid dienone is 1. The summed E-state index contributed by atoms with van der Waals surface area (Å²) in [6, 6.07) is 12.9. The highest BCUT2D eigenvalue weighted by Gasteiger charge is 2.16. The monoisotopic (exact) mass is 318 g/mol. The molecule has 0 N–H and O–H groups in total. The Morgan fingerprint density at radius 2 is 1.90 bits per heavy atom. The third kappa shape index (κ3) is 3.40. The van der Waals surface area contributed by atoms with Gasteiger partial charge in [0, 0.05) is 6.07 Å². The first-order valence-electron chi connectivity index (χ1n) is 5.83. The molecule has 0 amide bonds. The van der Waals surface area contributed by atoms with E-state index in [9.17, 15) is 15.4 Å². The van der Waals surface area contributed by atoms with E-state index in [0.29, 0.717) is 15.6 Å². The predicted octanol–water partition coefficient (Wildman–Crippen LogP) is 4.97. The predicted molar refractivity (Wildman–Crippen MR) is 83.0 cm³/mol. The first kappa shape index (κ1) is 15.0. The van der Waals surface area contributed by atoms with Gasteiger partial charge < -0.3 is 0 Å². The number of halogens is 2. The third-order valence-electron chi connectivity index (χ3n) is 2.77. The molecule has 104 valence electrons. The fraction of sp³-hybridized carbons (Fsp3) is 0. The van der Waals surface area contributed by atoms with Gasteiger partial charge in [0.25, 0.3) is 5.69 Å². The van der Waals surface area contributed by atoms with Crippen molar-refractivity contribution in [3.05, 3.63) is 73.8 Å². The summed E-state index contributed by atoms with van der Waals surface area (Å²) in [4.78, 5) is 10.5. The van der Waals surface area contributed by atoms with Crippen molar-refractivity contribution < 1.29 is 4.92 Å². The van der Waals surface area contributed by atoms with E-state index in [1.165, 1.54) is 18.2 Å². The van der Waals surface area contributed by atoms with E-state index >= 15 is 0 Å². The number of benzene rings is 2. The van der Waals surface area contributed by atoms with Crippen molar-refractivity contribution in [3.63, 3.8) is 0 Å². The van der Waals surface area contributed by atoms with Gasteiger partial charge in [-0.3, -0.25) is 10.1 Å². The zero-order chi connectivity index (χ0) is 15.4. The van der Waals surface area contributed by atoms with Crippen molar-refractivity contribution in [1.29, 1.82) is 5.26 Å². The molecule has 2 rings (SSSR count). The second-order valence-electron chi connectivity index (χ2n) is 4.12. The molecule has 0 aliphatic carbocycles. The number of nitrogens with zero attached hydrogens (tertiary/aromatic N) is 2. The van der Waals surface area contributed by atoms with Crippen LogP contribution in [0.3, 0.4) is 0 Å². The summed E-state index contributed by atoms with van der Waals surface area (Å²) in [7, 11) is 0. The van der Waals surface area contributed by atoms with Gasteiger partial charge in [-0.05, 0) is 29.8 Å². The molecule has 4 nitrogen and oxygen atoms in total. The molecule has 0 atom stereocenters. The molecule has 0 aliphatic heterocycles. The molecule has 0 bridgehead atoms. The van der Waals surface area contributed by atoms with E-state index in [2.05, 4.69) is 0 Å². The van der Waals surface area contributed by atoms with Crippen LogP contribution in [0.2, 0.25) is 10.0 Å². The molecule has 2 aromatic carbocycles. The lowest BCUT2D eigenvalue weighted by molar-refractivity contribution is -0.385. The van der Waals surface area contributed by atoms with Crippen LogP contribution in [0.4, 0.5) is 5.69 Å². The fourth-order valence-electron chi connectivity index (χ4n) is 1.80. The highest BCUT2D eigenvalue weighted by atomic mass is 35.5. The van der Waals surface area contributed by atoms with Gasteiger partial charge in [-0.2, -0.15) is 5.26 Å². The molecule has 6 heteroatoms. The van der Waals surface area contributed by atoms with Crippen LogP contribution in [0.1, 0.15) is 11.1 Å². The lowest BCUT2D eigenvalue weighted by Crippen LogP contribution is -1.93. The third-order valence-corrected chi connectivity index (χ3v) is 3.51. The van der Waals surface area contributed by atoms with Gasteiger partial charge in [-0.15, -0.1) is 0 Å². The SMILES string of the molecule is N#CC(=Cc1ccc(Cl)c(Cl)c1)c1ccccc1[N+](=O)[O-]. The highest BCUT2D eigenvalue weighted by molar-refractivity contribution is 6.42. The Labute approximate surface area is 131 Å². The molecule has 0 saturated heterocycles. The van der Waals surface area contributed by atoms with Gasteiger partial charge in [0.2, 0.25) is 0 Å². The Hall–Kier alpha value is -2.35. The van der Waals surface area contributed by atoms with E-state index < -0.39 is 4.92 Å². The Morgan fingerprint density at radius 3 is 2.52 bits per heavy atom.